The smallest absolute Gasteiger partial charge is 0.275 e. The van der Waals surface area contributed by atoms with Gasteiger partial charge in [0.1, 0.15) is 17.9 Å². The molecule has 3 heterocycles. The van der Waals surface area contributed by atoms with Gasteiger partial charge in [0.25, 0.3) is 5.19 Å². The van der Waals surface area contributed by atoms with Gasteiger partial charge in [-0.05, 0) is 37.7 Å². The number of pyridine rings is 1. The summed E-state index contributed by atoms with van der Waals surface area (Å²) in [4.78, 5) is 20.9. The van der Waals surface area contributed by atoms with Gasteiger partial charge in [-0.1, -0.05) is 18.3 Å². The zero-order valence-electron chi connectivity index (χ0n) is 17.0. The van der Waals surface area contributed by atoms with Crippen LogP contribution in [0.15, 0.2) is 12.1 Å². The van der Waals surface area contributed by atoms with E-state index in [9.17, 15) is 4.79 Å². The van der Waals surface area contributed by atoms with E-state index in [0.29, 0.717) is 43.2 Å². The second-order valence-corrected chi connectivity index (χ2v) is 9.10. The Morgan fingerprint density at radius 2 is 2.10 bits per heavy atom. The minimum Gasteiger partial charge on any atom is -0.477 e. The molecule has 4 rings (SSSR count). The van der Waals surface area contributed by atoms with Gasteiger partial charge in [-0.3, -0.25) is 0 Å². The molecular formula is C21H28N2O5S. The number of carbonyl (C=O) groups excluding carboxylic acids is 1. The van der Waals surface area contributed by atoms with E-state index in [2.05, 4.69) is 16.9 Å². The van der Waals surface area contributed by atoms with Gasteiger partial charge in [0.15, 0.2) is 4.83 Å². The first-order chi connectivity index (χ1) is 14.0. The first-order valence-electron chi connectivity index (χ1n) is 10.3. The maximum Gasteiger partial charge on any atom is 0.275 e. The number of fused-ring (bicyclic) bond motifs is 1. The largest absolute Gasteiger partial charge is 0.477 e. The monoisotopic (exact) mass is 420 g/mol. The Bertz CT molecular complexity index is 832. The number of carbonyl (C=O) groups is 1. The summed E-state index contributed by atoms with van der Waals surface area (Å²) in [6.45, 7) is 6.34. The number of ketones is 1. The van der Waals surface area contributed by atoms with Crippen LogP contribution in [0.3, 0.4) is 0 Å². The maximum atomic E-state index is 11.1. The fraction of sp³-hybridized carbons (Fsp3) is 0.667. The molecule has 0 spiro atoms. The van der Waals surface area contributed by atoms with Crippen LogP contribution in [0.1, 0.15) is 39.5 Å². The number of hydrogen-bond donors (Lipinski definition) is 0. The normalized spacial score (nSPS) is 24.6. The molecule has 0 radical (unpaired) electrons. The molecule has 2 aromatic heterocycles. The molecule has 1 saturated carbocycles. The molecule has 2 fully saturated rings. The Hall–Kier alpha value is -1.77. The Morgan fingerprint density at radius 1 is 1.28 bits per heavy atom. The standard InChI is InChI=1S/C21H28N2O5S/c1-13(7-14(2)24)10-26-17-8-15(9-17)11-27-19-4-3-18-20(23-19)29-21(22-18)28-12-16-5-6-25-16/h3-4,13,15-17H,5-12H2,1-2H3/t13-,15?,16?,17?/m1/s1. The van der Waals surface area contributed by atoms with Crippen LogP contribution in [0.5, 0.6) is 11.1 Å². The number of rotatable bonds is 11. The van der Waals surface area contributed by atoms with Crippen molar-refractivity contribution >= 4 is 27.5 Å². The third-order valence-corrected chi connectivity index (χ3v) is 6.19. The topological polar surface area (TPSA) is 79.8 Å². The molecule has 0 aromatic carbocycles. The van der Waals surface area contributed by atoms with Gasteiger partial charge in [0, 0.05) is 32.1 Å². The second-order valence-electron chi connectivity index (χ2n) is 8.16. The molecular weight excluding hydrogens is 392 g/mol. The van der Waals surface area contributed by atoms with Gasteiger partial charge in [0.05, 0.1) is 18.8 Å². The molecule has 2 aromatic rings. The summed E-state index contributed by atoms with van der Waals surface area (Å²) in [6.07, 6.45) is 4.11. The average Bonchev–Trinajstić information content (AvgIpc) is 3.00. The van der Waals surface area contributed by atoms with Gasteiger partial charge in [-0.2, -0.15) is 0 Å². The van der Waals surface area contributed by atoms with Crippen molar-refractivity contribution in [2.24, 2.45) is 11.8 Å². The first kappa shape index (κ1) is 20.5. The number of hydrogen-bond acceptors (Lipinski definition) is 8. The summed E-state index contributed by atoms with van der Waals surface area (Å²) in [5.41, 5.74) is 0.823. The fourth-order valence-electron chi connectivity index (χ4n) is 3.50. The lowest BCUT2D eigenvalue weighted by atomic mass is 9.83. The number of Topliss-reactive ketones (excluding diaryl/α,β-unsaturated/α-hetero) is 1. The van der Waals surface area contributed by atoms with Crippen molar-refractivity contribution in [1.82, 2.24) is 9.97 Å². The zero-order valence-corrected chi connectivity index (χ0v) is 17.8. The predicted molar refractivity (Wildman–Crippen MR) is 110 cm³/mol. The van der Waals surface area contributed by atoms with E-state index in [1.807, 2.05) is 12.1 Å². The minimum atomic E-state index is 0.196. The van der Waals surface area contributed by atoms with E-state index in [4.69, 9.17) is 18.9 Å². The molecule has 29 heavy (non-hydrogen) atoms. The van der Waals surface area contributed by atoms with E-state index in [0.717, 1.165) is 36.2 Å². The van der Waals surface area contributed by atoms with Crippen molar-refractivity contribution < 1.29 is 23.7 Å². The Kier molecular flexibility index (Phi) is 6.62. The van der Waals surface area contributed by atoms with Crippen LogP contribution in [0.25, 0.3) is 10.3 Å². The molecule has 158 valence electrons. The Labute approximate surface area is 174 Å². The van der Waals surface area contributed by atoms with Crippen LogP contribution in [-0.4, -0.2) is 54.4 Å². The quantitative estimate of drug-likeness (QED) is 0.549. The van der Waals surface area contributed by atoms with Crippen LogP contribution in [-0.2, 0) is 14.3 Å². The van der Waals surface area contributed by atoms with Gasteiger partial charge in [-0.15, -0.1) is 0 Å². The van der Waals surface area contributed by atoms with E-state index in [1.54, 1.807) is 6.92 Å². The number of nitrogens with zero attached hydrogens (tertiary/aromatic N) is 2. The van der Waals surface area contributed by atoms with Gasteiger partial charge < -0.3 is 23.7 Å². The van der Waals surface area contributed by atoms with E-state index < -0.39 is 0 Å². The highest BCUT2D eigenvalue weighted by atomic mass is 32.1. The van der Waals surface area contributed by atoms with E-state index in [1.165, 1.54) is 11.3 Å². The van der Waals surface area contributed by atoms with Crippen molar-refractivity contribution in [1.29, 1.82) is 0 Å². The fourth-order valence-corrected chi connectivity index (χ4v) is 4.29. The van der Waals surface area contributed by atoms with Crippen LogP contribution < -0.4 is 9.47 Å². The summed E-state index contributed by atoms with van der Waals surface area (Å²) in [6, 6.07) is 3.78. The lowest BCUT2D eigenvalue weighted by Crippen LogP contribution is -2.36. The molecule has 8 heteroatoms. The Morgan fingerprint density at radius 3 is 2.83 bits per heavy atom. The number of ether oxygens (including phenoxy) is 4. The van der Waals surface area contributed by atoms with Crippen molar-refractivity contribution in [2.75, 3.05) is 26.4 Å². The first-order valence-corrected chi connectivity index (χ1v) is 11.1. The molecule has 0 bridgehead atoms. The third-order valence-electron chi connectivity index (χ3n) is 5.31. The number of aromatic nitrogens is 2. The molecule has 2 aliphatic rings. The second kappa shape index (κ2) is 9.36. The average molecular weight is 421 g/mol. The van der Waals surface area contributed by atoms with Crippen molar-refractivity contribution in [3.8, 4) is 11.1 Å². The summed E-state index contributed by atoms with van der Waals surface area (Å²) < 4.78 is 22.8. The molecule has 2 atom stereocenters. The molecule has 0 N–H and O–H groups in total. The van der Waals surface area contributed by atoms with Crippen molar-refractivity contribution in [3.63, 3.8) is 0 Å². The molecule has 1 unspecified atom stereocenters. The van der Waals surface area contributed by atoms with Crippen LogP contribution >= 0.6 is 11.3 Å². The zero-order chi connectivity index (χ0) is 20.2. The SMILES string of the molecule is CC(=O)C[C@@H](C)COC1CC(COc2ccc3nc(OCC4CCO4)sc3n2)C1. The van der Waals surface area contributed by atoms with Gasteiger partial charge in [-0.25, -0.2) is 9.97 Å². The van der Waals surface area contributed by atoms with Crippen LogP contribution in [0.4, 0.5) is 0 Å². The highest BCUT2D eigenvalue weighted by molar-refractivity contribution is 7.19. The molecule has 1 aliphatic heterocycles. The minimum absolute atomic E-state index is 0.196. The molecule has 0 amide bonds. The van der Waals surface area contributed by atoms with Gasteiger partial charge >= 0.3 is 0 Å². The van der Waals surface area contributed by atoms with Crippen molar-refractivity contribution in [2.45, 2.75) is 51.7 Å². The lowest BCUT2D eigenvalue weighted by Gasteiger charge is -2.35. The molecule has 1 saturated heterocycles. The lowest BCUT2D eigenvalue weighted by molar-refractivity contribution is -0.119. The third kappa shape index (κ3) is 5.65. The summed E-state index contributed by atoms with van der Waals surface area (Å²) >= 11 is 1.43. The van der Waals surface area contributed by atoms with E-state index in [-0.39, 0.29) is 23.9 Å². The predicted octanol–water partition coefficient (Wildman–Crippen LogP) is 3.65. The van der Waals surface area contributed by atoms with Gasteiger partial charge in [0.2, 0.25) is 5.88 Å². The highest BCUT2D eigenvalue weighted by Crippen LogP contribution is 2.32. The molecule has 7 nitrogen and oxygen atoms in total. The Balaban J connectivity index is 1.18. The highest BCUT2D eigenvalue weighted by Gasteiger charge is 2.31. The molecule has 1 aliphatic carbocycles. The van der Waals surface area contributed by atoms with Crippen LogP contribution in [0, 0.1) is 11.8 Å². The summed E-state index contributed by atoms with van der Waals surface area (Å²) in [7, 11) is 0. The summed E-state index contributed by atoms with van der Waals surface area (Å²) in [5.74, 6) is 1.61. The number of thiazole rings is 1. The van der Waals surface area contributed by atoms with Crippen LogP contribution in [0.2, 0.25) is 0 Å². The van der Waals surface area contributed by atoms with E-state index >= 15 is 0 Å². The summed E-state index contributed by atoms with van der Waals surface area (Å²) in [5, 5.41) is 0.623. The maximum absolute atomic E-state index is 11.1. The van der Waals surface area contributed by atoms with Crippen molar-refractivity contribution in [3.05, 3.63) is 12.1 Å².